The molecule has 0 spiro atoms. The molecule has 0 saturated heterocycles. The summed E-state index contributed by atoms with van der Waals surface area (Å²) in [6.45, 7) is 12.4. The molecule has 2 aromatic rings. The number of hydrogen-bond donors (Lipinski definition) is 0. The molecular formula is C21H26N2O4S2. The fourth-order valence-corrected chi connectivity index (χ4v) is 3.84. The van der Waals surface area contributed by atoms with Gasteiger partial charge in [-0.3, -0.25) is 0 Å². The lowest BCUT2D eigenvalue weighted by Crippen LogP contribution is -2.19. The van der Waals surface area contributed by atoms with Crippen molar-refractivity contribution in [2.75, 3.05) is 0 Å². The summed E-state index contributed by atoms with van der Waals surface area (Å²) in [5.41, 5.74) is 11.2. The minimum absolute atomic E-state index is 0.0298. The van der Waals surface area contributed by atoms with E-state index in [0.717, 1.165) is 11.1 Å². The fraction of sp³-hybridized carbons (Fsp3) is 0.381. The number of nitrogens with zero attached hydrogens (tertiary/aromatic N) is 2. The van der Waals surface area contributed by atoms with E-state index in [0.29, 0.717) is 10.6 Å². The van der Waals surface area contributed by atoms with E-state index in [1.165, 1.54) is 0 Å². The summed E-state index contributed by atoms with van der Waals surface area (Å²) >= 11 is -4.27. The van der Waals surface area contributed by atoms with Crippen molar-refractivity contribution in [2.45, 2.75) is 57.3 Å². The van der Waals surface area contributed by atoms with Crippen molar-refractivity contribution in [3.05, 3.63) is 65.2 Å². The second kappa shape index (κ2) is 9.03. The van der Waals surface area contributed by atoms with E-state index in [1.54, 1.807) is 24.3 Å². The van der Waals surface area contributed by atoms with Gasteiger partial charge in [-0.15, -0.1) is 4.79 Å². The van der Waals surface area contributed by atoms with Gasteiger partial charge in [-0.2, -0.15) is 4.21 Å². The molecule has 2 aromatic carbocycles. The van der Waals surface area contributed by atoms with Crippen LogP contribution in [-0.4, -0.2) is 18.4 Å². The first kappa shape index (κ1) is 23.0. The monoisotopic (exact) mass is 434 g/mol. The molecule has 0 aliphatic heterocycles. The maximum atomic E-state index is 12.4. The van der Waals surface area contributed by atoms with Crippen molar-refractivity contribution in [2.24, 2.45) is 0 Å². The Balaban J connectivity index is 2.06. The molecular weight excluding hydrogens is 408 g/mol. The van der Waals surface area contributed by atoms with Crippen LogP contribution in [0.3, 0.4) is 0 Å². The predicted octanol–water partition coefficient (Wildman–Crippen LogP) is 4.65. The lowest BCUT2D eigenvalue weighted by molar-refractivity contribution is -0.0191. The molecule has 0 radical (unpaired) electrons. The maximum absolute atomic E-state index is 12.4. The van der Waals surface area contributed by atoms with Crippen molar-refractivity contribution in [3.63, 3.8) is 0 Å². The van der Waals surface area contributed by atoms with Crippen LogP contribution in [0.1, 0.15) is 52.7 Å². The third-order valence-electron chi connectivity index (χ3n) is 4.18. The van der Waals surface area contributed by atoms with Gasteiger partial charge in [0, 0.05) is 0 Å². The highest BCUT2D eigenvalue weighted by Gasteiger charge is 2.28. The van der Waals surface area contributed by atoms with Crippen molar-refractivity contribution in [1.82, 2.24) is 0 Å². The van der Waals surface area contributed by atoms with Gasteiger partial charge in [0.05, 0.1) is 4.90 Å². The van der Waals surface area contributed by atoms with Crippen molar-refractivity contribution < 1.29 is 21.6 Å². The number of benzene rings is 2. The molecule has 0 fully saturated rings. The summed E-state index contributed by atoms with van der Waals surface area (Å²) in [6, 6.07) is 14.0. The first-order chi connectivity index (χ1) is 13.4. The van der Waals surface area contributed by atoms with Crippen molar-refractivity contribution in [1.29, 1.82) is 0 Å². The fourth-order valence-electron chi connectivity index (χ4n) is 2.39. The standard InChI is InChI=1S/C21H26N2O4S2/c1-20(2,3)15-7-11-17(12-8-15)26-29(25)19(23-22)27-28(24)18-13-9-16(10-14-18)21(4,5)6/h7-14H,1-6H3. The van der Waals surface area contributed by atoms with Gasteiger partial charge >= 0.3 is 16.3 Å². The van der Waals surface area contributed by atoms with Gasteiger partial charge in [0.15, 0.2) is 0 Å². The zero-order chi connectivity index (χ0) is 21.8. The Morgan fingerprint density at radius 1 is 0.828 bits per heavy atom. The van der Waals surface area contributed by atoms with Crippen LogP contribution in [0.4, 0.5) is 0 Å². The van der Waals surface area contributed by atoms with Crippen LogP contribution in [0, 0.1) is 0 Å². The number of hydrogen-bond acceptors (Lipinski definition) is 4. The molecule has 0 aromatic heterocycles. The smallest absolute Gasteiger partial charge is 0.390 e. The van der Waals surface area contributed by atoms with Gasteiger partial charge in [-0.05, 0) is 46.2 Å². The van der Waals surface area contributed by atoms with Gasteiger partial charge in [-0.25, -0.2) is 4.21 Å². The zero-order valence-electron chi connectivity index (χ0n) is 17.5. The Kier molecular flexibility index (Phi) is 7.16. The molecule has 0 bridgehead atoms. The minimum atomic E-state index is -2.26. The lowest BCUT2D eigenvalue weighted by Gasteiger charge is -2.18. The molecule has 6 nitrogen and oxygen atoms in total. The molecule has 0 amide bonds. The molecule has 8 heteroatoms. The quantitative estimate of drug-likeness (QED) is 0.303. The van der Waals surface area contributed by atoms with Crippen LogP contribution in [0.25, 0.3) is 5.53 Å². The molecule has 156 valence electrons. The lowest BCUT2D eigenvalue weighted by atomic mass is 9.87. The Labute approximate surface area is 177 Å². The molecule has 29 heavy (non-hydrogen) atoms. The highest BCUT2D eigenvalue weighted by atomic mass is 32.2. The molecule has 2 unspecified atom stereocenters. The van der Waals surface area contributed by atoms with E-state index in [2.05, 4.69) is 46.3 Å². The van der Waals surface area contributed by atoms with Gasteiger partial charge in [0.1, 0.15) is 5.75 Å². The summed E-state index contributed by atoms with van der Waals surface area (Å²) in [5.74, 6) is 0.307. The molecule has 2 rings (SSSR count). The molecule has 0 saturated carbocycles. The summed E-state index contributed by atoms with van der Waals surface area (Å²) in [4.78, 5) is 3.19. The first-order valence-electron chi connectivity index (χ1n) is 9.05. The van der Waals surface area contributed by atoms with E-state index >= 15 is 0 Å². The Morgan fingerprint density at radius 3 is 1.69 bits per heavy atom. The first-order valence-corrected chi connectivity index (χ1v) is 11.2. The van der Waals surface area contributed by atoms with Crippen molar-refractivity contribution >= 4 is 27.4 Å². The third-order valence-corrected chi connectivity index (χ3v) is 6.04. The number of rotatable bonds is 4. The third kappa shape index (κ3) is 6.35. The van der Waals surface area contributed by atoms with Crippen LogP contribution in [0.5, 0.6) is 5.75 Å². The average molecular weight is 435 g/mol. The highest BCUT2D eigenvalue weighted by Crippen LogP contribution is 2.25. The highest BCUT2D eigenvalue weighted by molar-refractivity contribution is 7.97. The van der Waals surface area contributed by atoms with Crippen LogP contribution in [0.2, 0.25) is 0 Å². The van der Waals surface area contributed by atoms with Crippen LogP contribution < -0.4 is 4.18 Å². The molecule has 2 atom stereocenters. The predicted molar refractivity (Wildman–Crippen MR) is 115 cm³/mol. The Hall–Kier alpha value is -2.28. The molecule has 0 aliphatic carbocycles. The van der Waals surface area contributed by atoms with E-state index in [9.17, 15) is 8.42 Å². The minimum Gasteiger partial charge on any atom is -0.390 e. The van der Waals surface area contributed by atoms with Gasteiger partial charge in [-0.1, -0.05) is 65.8 Å². The summed E-state index contributed by atoms with van der Waals surface area (Å²) in [6.07, 6.45) is 0. The summed E-state index contributed by atoms with van der Waals surface area (Å²) < 4.78 is 35.0. The SMILES string of the molecule is CC(C)(C)c1ccc(OS(=O)C(=[N+]=[N-])OS(=O)c2ccc(C(C)(C)C)cc2)cc1. The van der Waals surface area contributed by atoms with E-state index in [1.807, 2.05) is 24.3 Å². The largest absolute Gasteiger partial charge is 0.596 e. The second-order valence-corrected chi connectivity index (χ2v) is 10.6. The summed E-state index contributed by atoms with van der Waals surface area (Å²) in [7, 11) is 0. The van der Waals surface area contributed by atoms with Crippen molar-refractivity contribution in [3.8, 4) is 5.75 Å². The maximum Gasteiger partial charge on any atom is 0.596 e. The topological polar surface area (TPSA) is 89.0 Å². The van der Waals surface area contributed by atoms with E-state index < -0.39 is 27.4 Å². The Bertz CT molecular complexity index is 950. The molecule has 0 heterocycles. The van der Waals surface area contributed by atoms with Gasteiger partial charge in [0.25, 0.3) is 0 Å². The Morgan fingerprint density at radius 2 is 1.28 bits per heavy atom. The summed E-state index contributed by atoms with van der Waals surface area (Å²) in [5, 5.41) is -0.678. The zero-order valence-corrected chi connectivity index (χ0v) is 19.1. The average Bonchev–Trinajstić information content (AvgIpc) is 2.65. The second-order valence-electron chi connectivity index (χ2n) is 8.55. The molecule has 0 N–H and O–H groups in total. The van der Waals surface area contributed by atoms with Crippen LogP contribution >= 0.6 is 0 Å². The van der Waals surface area contributed by atoms with Gasteiger partial charge < -0.3 is 13.9 Å². The van der Waals surface area contributed by atoms with Gasteiger partial charge in [0.2, 0.25) is 11.1 Å². The normalized spacial score (nSPS) is 13.9. The van der Waals surface area contributed by atoms with Crippen LogP contribution in [-0.2, 0) is 37.2 Å². The van der Waals surface area contributed by atoms with Crippen LogP contribution in [0.15, 0.2) is 53.4 Å². The van der Waals surface area contributed by atoms with E-state index in [-0.39, 0.29) is 10.8 Å². The van der Waals surface area contributed by atoms with E-state index in [4.69, 9.17) is 13.9 Å². The molecule has 0 aliphatic rings.